The molecule has 0 aliphatic heterocycles. The number of hydrogen-bond acceptors (Lipinski definition) is 4. The molecule has 1 atom stereocenters. The Kier molecular flexibility index (Phi) is 7.39. The van der Waals surface area contributed by atoms with Crippen LogP contribution in [0.4, 0.5) is 0 Å². The van der Waals surface area contributed by atoms with Gasteiger partial charge in [-0.15, -0.1) is 0 Å². The van der Waals surface area contributed by atoms with Gasteiger partial charge in [0, 0.05) is 0 Å². The first kappa shape index (κ1) is 19.7. The molecule has 1 unspecified atom stereocenters. The maximum Gasteiger partial charge on any atom is 0.320 e. The molecule has 2 rings (SSSR count). The standard InChI is InChI=1S/C22H26O4/c1-16(2)17(3)20(21(23)25-14-18-10-6-4-7-11-18)22(24)26-15-19-12-8-5-9-13-19/h4-13,16-17,20H,14-15H2,1-3H3. The topological polar surface area (TPSA) is 52.6 Å². The van der Waals surface area contributed by atoms with Crippen LogP contribution in [-0.4, -0.2) is 11.9 Å². The molecule has 0 fully saturated rings. The monoisotopic (exact) mass is 354 g/mol. The molecule has 0 aliphatic carbocycles. The summed E-state index contributed by atoms with van der Waals surface area (Å²) in [5, 5.41) is 0. The Bertz CT molecular complexity index is 639. The van der Waals surface area contributed by atoms with Gasteiger partial charge in [0.2, 0.25) is 0 Å². The predicted molar refractivity (Wildman–Crippen MR) is 100.0 cm³/mol. The van der Waals surface area contributed by atoms with Crippen LogP contribution in [0.3, 0.4) is 0 Å². The van der Waals surface area contributed by atoms with Crippen LogP contribution in [0.25, 0.3) is 0 Å². The van der Waals surface area contributed by atoms with Gasteiger partial charge < -0.3 is 9.47 Å². The average Bonchev–Trinajstić information content (AvgIpc) is 2.66. The first-order chi connectivity index (χ1) is 12.5. The Hall–Kier alpha value is -2.62. The zero-order valence-electron chi connectivity index (χ0n) is 15.6. The van der Waals surface area contributed by atoms with Crippen molar-refractivity contribution >= 4 is 11.9 Å². The lowest BCUT2D eigenvalue weighted by Gasteiger charge is -2.24. The van der Waals surface area contributed by atoms with E-state index in [0.29, 0.717) is 0 Å². The molecule has 0 aliphatic rings. The highest BCUT2D eigenvalue weighted by Gasteiger charge is 2.36. The van der Waals surface area contributed by atoms with E-state index in [1.54, 1.807) is 0 Å². The number of rotatable bonds is 8. The Labute approximate surface area is 155 Å². The second-order valence-corrected chi connectivity index (χ2v) is 6.77. The lowest BCUT2D eigenvalue weighted by Crippen LogP contribution is -2.35. The van der Waals surface area contributed by atoms with Crippen molar-refractivity contribution in [2.24, 2.45) is 17.8 Å². The van der Waals surface area contributed by atoms with Gasteiger partial charge in [-0.3, -0.25) is 9.59 Å². The fourth-order valence-electron chi connectivity index (χ4n) is 2.55. The third-order valence-corrected chi connectivity index (χ3v) is 4.53. The predicted octanol–water partition coefficient (Wildman–Crippen LogP) is 4.38. The molecule has 0 N–H and O–H groups in total. The summed E-state index contributed by atoms with van der Waals surface area (Å²) < 4.78 is 10.8. The Balaban J connectivity index is 2.01. The minimum absolute atomic E-state index is 0.146. The minimum atomic E-state index is -0.928. The van der Waals surface area contributed by atoms with E-state index in [2.05, 4.69) is 0 Å². The highest BCUT2D eigenvalue weighted by Crippen LogP contribution is 2.24. The van der Waals surface area contributed by atoms with Crippen LogP contribution in [0, 0.1) is 17.8 Å². The fourth-order valence-corrected chi connectivity index (χ4v) is 2.55. The van der Waals surface area contributed by atoms with Crippen LogP contribution in [0.15, 0.2) is 60.7 Å². The largest absolute Gasteiger partial charge is 0.460 e. The maximum absolute atomic E-state index is 12.6. The normalized spacial score (nSPS) is 12.0. The summed E-state index contributed by atoms with van der Waals surface area (Å²) in [6.45, 7) is 6.13. The molecule has 2 aromatic carbocycles. The van der Waals surface area contributed by atoms with E-state index < -0.39 is 17.9 Å². The first-order valence-electron chi connectivity index (χ1n) is 8.90. The molecule has 0 radical (unpaired) electrons. The number of esters is 2. The van der Waals surface area contributed by atoms with E-state index in [4.69, 9.17) is 9.47 Å². The zero-order chi connectivity index (χ0) is 18.9. The van der Waals surface area contributed by atoms with Gasteiger partial charge in [-0.25, -0.2) is 0 Å². The molecule has 0 spiro atoms. The number of carbonyl (C=O) groups excluding carboxylic acids is 2. The Morgan fingerprint density at radius 1 is 0.731 bits per heavy atom. The summed E-state index contributed by atoms with van der Waals surface area (Å²) in [5.74, 6) is -2.03. The molecule has 26 heavy (non-hydrogen) atoms. The zero-order valence-corrected chi connectivity index (χ0v) is 15.6. The first-order valence-corrected chi connectivity index (χ1v) is 8.90. The molecule has 138 valence electrons. The number of benzene rings is 2. The van der Waals surface area contributed by atoms with Gasteiger partial charge >= 0.3 is 11.9 Å². The molecule has 0 saturated heterocycles. The SMILES string of the molecule is CC(C)C(C)C(C(=O)OCc1ccccc1)C(=O)OCc1ccccc1. The van der Waals surface area contributed by atoms with Crippen molar-refractivity contribution in [3.8, 4) is 0 Å². The van der Waals surface area contributed by atoms with Crippen molar-refractivity contribution in [3.63, 3.8) is 0 Å². The molecule has 0 aromatic heterocycles. The second-order valence-electron chi connectivity index (χ2n) is 6.77. The molecular formula is C22H26O4. The third kappa shape index (κ3) is 5.73. The van der Waals surface area contributed by atoms with Crippen molar-refractivity contribution in [1.82, 2.24) is 0 Å². The van der Waals surface area contributed by atoms with Gasteiger partial charge in [0.1, 0.15) is 13.2 Å². The van der Waals surface area contributed by atoms with Gasteiger partial charge in [-0.05, 0) is 23.0 Å². The summed E-state index contributed by atoms with van der Waals surface area (Å²) in [4.78, 5) is 25.2. The summed E-state index contributed by atoms with van der Waals surface area (Å²) >= 11 is 0. The molecule has 2 aromatic rings. The number of carbonyl (C=O) groups is 2. The van der Waals surface area contributed by atoms with E-state index in [-0.39, 0.29) is 25.0 Å². The molecule has 0 amide bonds. The van der Waals surface area contributed by atoms with Gasteiger partial charge in [0.25, 0.3) is 0 Å². The summed E-state index contributed by atoms with van der Waals surface area (Å²) in [6.07, 6.45) is 0. The molecule has 0 heterocycles. The smallest absolute Gasteiger partial charge is 0.320 e. The van der Waals surface area contributed by atoms with E-state index in [0.717, 1.165) is 11.1 Å². The van der Waals surface area contributed by atoms with Crippen molar-refractivity contribution < 1.29 is 19.1 Å². The minimum Gasteiger partial charge on any atom is -0.460 e. The summed E-state index contributed by atoms with van der Waals surface area (Å²) in [7, 11) is 0. The van der Waals surface area contributed by atoms with E-state index in [1.807, 2.05) is 81.4 Å². The van der Waals surface area contributed by atoms with Crippen LogP contribution >= 0.6 is 0 Å². The molecule has 0 saturated carbocycles. The van der Waals surface area contributed by atoms with Crippen LogP contribution < -0.4 is 0 Å². The highest BCUT2D eigenvalue weighted by molar-refractivity contribution is 5.95. The fraction of sp³-hybridized carbons (Fsp3) is 0.364. The molecule has 0 bridgehead atoms. The Morgan fingerprint density at radius 2 is 1.12 bits per heavy atom. The molecule has 4 nitrogen and oxygen atoms in total. The molecular weight excluding hydrogens is 328 g/mol. The quantitative estimate of drug-likeness (QED) is 0.521. The van der Waals surface area contributed by atoms with E-state index in [9.17, 15) is 9.59 Å². The average molecular weight is 354 g/mol. The van der Waals surface area contributed by atoms with E-state index >= 15 is 0 Å². The van der Waals surface area contributed by atoms with Gasteiger partial charge in [0.05, 0.1) is 0 Å². The van der Waals surface area contributed by atoms with Gasteiger partial charge in [-0.1, -0.05) is 81.4 Å². The highest BCUT2D eigenvalue weighted by atomic mass is 16.6. The van der Waals surface area contributed by atoms with Crippen LogP contribution in [0.2, 0.25) is 0 Å². The van der Waals surface area contributed by atoms with Gasteiger partial charge in [-0.2, -0.15) is 0 Å². The maximum atomic E-state index is 12.6. The lowest BCUT2D eigenvalue weighted by atomic mass is 9.85. The van der Waals surface area contributed by atoms with Crippen LogP contribution in [0.1, 0.15) is 31.9 Å². The van der Waals surface area contributed by atoms with Crippen molar-refractivity contribution in [1.29, 1.82) is 0 Å². The van der Waals surface area contributed by atoms with Crippen molar-refractivity contribution in [2.45, 2.75) is 34.0 Å². The second kappa shape index (κ2) is 9.76. The Morgan fingerprint density at radius 3 is 1.46 bits per heavy atom. The van der Waals surface area contributed by atoms with Crippen LogP contribution in [0.5, 0.6) is 0 Å². The lowest BCUT2D eigenvalue weighted by molar-refractivity contribution is -0.167. The van der Waals surface area contributed by atoms with Crippen molar-refractivity contribution in [2.75, 3.05) is 0 Å². The summed E-state index contributed by atoms with van der Waals surface area (Å²) in [6, 6.07) is 18.8. The summed E-state index contributed by atoms with van der Waals surface area (Å²) in [5.41, 5.74) is 1.77. The van der Waals surface area contributed by atoms with E-state index in [1.165, 1.54) is 0 Å². The molecule has 4 heteroatoms. The number of ether oxygens (including phenoxy) is 2. The third-order valence-electron chi connectivity index (χ3n) is 4.53. The van der Waals surface area contributed by atoms with Crippen molar-refractivity contribution in [3.05, 3.63) is 71.8 Å². The van der Waals surface area contributed by atoms with Crippen LogP contribution in [-0.2, 0) is 32.3 Å². The number of hydrogen-bond donors (Lipinski definition) is 0. The van der Waals surface area contributed by atoms with Gasteiger partial charge in [0.15, 0.2) is 5.92 Å².